The Hall–Kier alpha value is -3.89. The summed E-state index contributed by atoms with van der Waals surface area (Å²) in [6, 6.07) is 10.5. The first kappa shape index (κ1) is 21.8. The number of nitrogen functional groups attached to an aromatic ring is 1. The zero-order valence-electron chi connectivity index (χ0n) is 16.5. The van der Waals surface area contributed by atoms with Crippen LogP contribution in [0.25, 0.3) is 0 Å². The maximum Gasteiger partial charge on any atom is 0.433 e. The number of rotatable bonds is 4. The summed E-state index contributed by atoms with van der Waals surface area (Å²) < 4.78 is 39.6. The van der Waals surface area contributed by atoms with Crippen molar-refractivity contribution in [3.63, 3.8) is 0 Å². The largest absolute Gasteiger partial charge is 0.433 e. The Balaban J connectivity index is 2.02. The standard InChI is InChI=1S/C20H18F3N5O3/c1-11-13(8-9-14(25-11)20(21,22)23)18(30)27(2)15-16(24)28(19(31)26-17(15)29)10-12-6-4-3-5-7-12/h3-9H,10,24H2,1-2H3,(H,26,29,31). The number of alkyl halides is 3. The SMILES string of the molecule is Cc1nc(C(F)(F)F)ccc1C(=O)N(C)c1c(N)n(Cc2ccccc2)c(=O)[nH]c1=O. The van der Waals surface area contributed by atoms with Gasteiger partial charge in [-0.2, -0.15) is 13.2 Å². The van der Waals surface area contributed by atoms with Gasteiger partial charge in [0.2, 0.25) is 0 Å². The van der Waals surface area contributed by atoms with Crippen LogP contribution in [0.5, 0.6) is 0 Å². The molecule has 0 atom stereocenters. The van der Waals surface area contributed by atoms with Crippen molar-refractivity contribution in [3.05, 3.63) is 85.8 Å². The van der Waals surface area contributed by atoms with Gasteiger partial charge in [0.1, 0.15) is 11.5 Å². The van der Waals surface area contributed by atoms with E-state index in [0.717, 1.165) is 21.1 Å². The molecule has 0 aliphatic carbocycles. The fraction of sp³-hybridized carbons (Fsp3) is 0.200. The number of aromatic amines is 1. The number of hydrogen-bond acceptors (Lipinski definition) is 5. The van der Waals surface area contributed by atoms with E-state index in [-0.39, 0.29) is 29.3 Å². The minimum absolute atomic E-state index is 0.0399. The lowest BCUT2D eigenvalue weighted by Gasteiger charge is -2.21. The molecule has 3 rings (SSSR count). The first-order valence-electron chi connectivity index (χ1n) is 9.00. The van der Waals surface area contributed by atoms with Gasteiger partial charge in [-0.25, -0.2) is 9.78 Å². The van der Waals surface area contributed by atoms with Crippen molar-refractivity contribution < 1.29 is 18.0 Å². The molecule has 1 amide bonds. The van der Waals surface area contributed by atoms with Crippen LogP contribution in [-0.2, 0) is 12.7 Å². The maximum absolute atomic E-state index is 12.9. The molecule has 1 aromatic carbocycles. The first-order chi connectivity index (χ1) is 14.5. The van der Waals surface area contributed by atoms with Crippen molar-refractivity contribution in [1.29, 1.82) is 0 Å². The van der Waals surface area contributed by atoms with E-state index in [0.29, 0.717) is 6.07 Å². The summed E-state index contributed by atoms with van der Waals surface area (Å²) >= 11 is 0. The van der Waals surface area contributed by atoms with Crippen LogP contribution in [0.4, 0.5) is 24.7 Å². The lowest BCUT2D eigenvalue weighted by atomic mass is 10.1. The zero-order chi connectivity index (χ0) is 22.9. The summed E-state index contributed by atoms with van der Waals surface area (Å²) in [7, 11) is 1.23. The number of nitrogens with two attached hydrogens (primary N) is 1. The summed E-state index contributed by atoms with van der Waals surface area (Å²) in [6.45, 7) is 1.29. The highest BCUT2D eigenvalue weighted by Gasteiger charge is 2.33. The number of H-pyrrole nitrogens is 1. The molecule has 31 heavy (non-hydrogen) atoms. The topological polar surface area (TPSA) is 114 Å². The van der Waals surface area contributed by atoms with Crippen LogP contribution < -0.4 is 21.9 Å². The number of anilines is 2. The van der Waals surface area contributed by atoms with Crippen LogP contribution in [0.3, 0.4) is 0 Å². The molecule has 0 saturated carbocycles. The zero-order valence-corrected chi connectivity index (χ0v) is 16.5. The average Bonchev–Trinajstić information content (AvgIpc) is 2.70. The normalized spacial score (nSPS) is 11.4. The van der Waals surface area contributed by atoms with Crippen LogP contribution in [0, 0.1) is 6.92 Å². The van der Waals surface area contributed by atoms with Gasteiger partial charge >= 0.3 is 11.9 Å². The van der Waals surface area contributed by atoms with Gasteiger partial charge in [0, 0.05) is 7.05 Å². The van der Waals surface area contributed by atoms with Crippen molar-refractivity contribution in [2.45, 2.75) is 19.6 Å². The summed E-state index contributed by atoms with van der Waals surface area (Å²) in [5, 5.41) is 0. The second kappa shape index (κ2) is 8.09. The molecule has 0 bridgehead atoms. The van der Waals surface area contributed by atoms with Crippen LogP contribution in [0.1, 0.15) is 27.3 Å². The number of pyridine rings is 1. The lowest BCUT2D eigenvalue weighted by Crippen LogP contribution is -2.39. The first-order valence-corrected chi connectivity index (χ1v) is 9.00. The molecule has 0 aliphatic rings. The molecular formula is C20H18F3N5O3. The highest BCUT2D eigenvalue weighted by atomic mass is 19.4. The van der Waals surface area contributed by atoms with E-state index in [1.54, 1.807) is 30.3 Å². The Kier molecular flexibility index (Phi) is 5.69. The average molecular weight is 433 g/mol. The number of nitrogens with zero attached hydrogens (tertiary/aromatic N) is 3. The van der Waals surface area contributed by atoms with Crippen molar-refractivity contribution in [2.75, 3.05) is 17.7 Å². The Morgan fingerprint density at radius 1 is 1.16 bits per heavy atom. The van der Waals surface area contributed by atoms with Crippen molar-refractivity contribution >= 4 is 17.4 Å². The van der Waals surface area contributed by atoms with E-state index >= 15 is 0 Å². The Morgan fingerprint density at radius 2 is 1.81 bits per heavy atom. The molecule has 2 aromatic heterocycles. The van der Waals surface area contributed by atoms with E-state index in [1.807, 2.05) is 0 Å². The predicted molar refractivity (Wildman–Crippen MR) is 108 cm³/mol. The molecule has 2 heterocycles. The van der Waals surface area contributed by atoms with Gasteiger partial charge < -0.3 is 10.6 Å². The molecule has 0 saturated heterocycles. The number of amides is 1. The van der Waals surface area contributed by atoms with Crippen LogP contribution in [-0.4, -0.2) is 27.5 Å². The molecule has 0 unspecified atom stereocenters. The van der Waals surface area contributed by atoms with Crippen molar-refractivity contribution in [2.24, 2.45) is 0 Å². The van der Waals surface area contributed by atoms with E-state index < -0.39 is 29.0 Å². The minimum Gasteiger partial charge on any atom is -0.383 e. The van der Waals surface area contributed by atoms with E-state index in [4.69, 9.17) is 5.73 Å². The fourth-order valence-electron chi connectivity index (χ4n) is 3.05. The number of hydrogen-bond donors (Lipinski definition) is 2. The van der Waals surface area contributed by atoms with Gasteiger partial charge in [0.25, 0.3) is 11.5 Å². The number of aryl methyl sites for hydroxylation is 1. The van der Waals surface area contributed by atoms with Crippen LogP contribution in [0.15, 0.2) is 52.1 Å². The molecule has 0 radical (unpaired) electrons. The summed E-state index contributed by atoms with van der Waals surface area (Å²) in [5.41, 5.74) is 3.36. The number of benzene rings is 1. The molecule has 0 fully saturated rings. The molecule has 3 aromatic rings. The van der Waals surface area contributed by atoms with Gasteiger partial charge in [-0.3, -0.25) is 19.1 Å². The maximum atomic E-state index is 12.9. The highest BCUT2D eigenvalue weighted by molar-refractivity contribution is 6.07. The minimum atomic E-state index is -4.66. The number of nitrogens with one attached hydrogen (secondary N) is 1. The number of carbonyl (C=O) groups is 1. The molecule has 8 nitrogen and oxygen atoms in total. The third kappa shape index (κ3) is 4.34. The number of carbonyl (C=O) groups excluding carboxylic acids is 1. The number of halogens is 3. The monoisotopic (exact) mass is 433 g/mol. The fourth-order valence-corrected chi connectivity index (χ4v) is 3.05. The third-order valence-corrected chi connectivity index (χ3v) is 4.64. The molecule has 162 valence electrons. The quantitative estimate of drug-likeness (QED) is 0.655. The van der Waals surface area contributed by atoms with Crippen molar-refractivity contribution in [3.8, 4) is 0 Å². The third-order valence-electron chi connectivity index (χ3n) is 4.64. The van der Waals surface area contributed by atoms with Crippen LogP contribution in [0.2, 0.25) is 0 Å². The van der Waals surface area contributed by atoms with Crippen molar-refractivity contribution in [1.82, 2.24) is 14.5 Å². The van der Waals surface area contributed by atoms with Gasteiger partial charge in [-0.15, -0.1) is 0 Å². The summed E-state index contributed by atoms with van der Waals surface area (Å²) in [4.78, 5) is 44.0. The molecule has 11 heteroatoms. The Bertz CT molecular complexity index is 1250. The van der Waals surface area contributed by atoms with Gasteiger partial charge in [-0.05, 0) is 24.6 Å². The molecule has 0 spiro atoms. The van der Waals surface area contributed by atoms with Gasteiger partial charge in [0.15, 0.2) is 5.69 Å². The van der Waals surface area contributed by atoms with Gasteiger partial charge in [0.05, 0.1) is 17.8 Å². The summed E-state index contributed by atoms with van der Waals surface area (Å²) in [5.74, 6) is -1.06. The Labute approximate surface area is 173 Å². The smallest absolute Gasteiger partial charge is 0.383 e. The Morgan fingerprint density at radius 3 is 2.39 bits per heavy atom. The van der Waals surface area contributed by atoms with Gasteiger partial charge in [-0.1, -0.05) is 30.3 Å². The molecule has 0 aliphatic heterocycles. The second-order valence-electron chi connectivity index (χ2n) is 6.76. The predicted octanol–water partition coefficient (Wildman–Crippen LogP) is 2.17. The second-order valence-corrected chi connectivity index (χ2v) is 6.76. The molecule has 3 N–H and O–H groups in total. The van der Waals surface area contributed by atoms with E-state index in [1.165, 1.54) is 14.0 Å². The highest BCUT2D eigenvalue weighted by Crippen LogP contribution is 2.28. The number of aromatic nitrogens is 3. The lowest BCUT2D eigenvalue weighted by molar-refractivity contribution is -0.141. The summed E-state index contributed by atoms with van der Waals surface area (Å²) in [6.07, 6.45) is -4.66. The van der Waals surface area contributed by atoms with Crippen LogP contribution >= 0.6 is 0 Å². The molecular weight excluding hydrogens is 415 g/mol. The van der Waals surface area contributed by atoms with E-state index in [9.17, 15) is 27.6 Å². The van der Waals surface area contributed by atoms with E-state index in [2.05, 4.69) is 9.97 Å².